The van der Waals surface area contributed by atoms with Gasteiger partial charge in [0, 0.05) is 19.0 Å². The molecule has 0 bridgehead atoms. The Kier molecular flexibility index (Phi) is 4.48. The van der Waals surface area contributed by atoms with Crippen molar-refractivity contribution >= 4 is 5.91 Å². The van der Waals surface area contributed by atoms with E-state index in [-0.39, 0.29) is 17.9 Å². The SMILES string of the molecule is CC(C)[C@H](N)C(=O)N1CCC(C2(C)OCCO2)CC1. The van der Waals surface area contributed by atoms with E-state index in [4.69, 9.17) is 15.2 Å². The fraction of sp³-hybridized carbons (Fsp3) is 0.929. The van der Waals surface area contributed by atoms with Gasteiger partial charge in [0.25, 0.3) is 0 Å². The van der Waals surface area contributed by atoms with Crippen LogP contribution >= 0.6 is 0 Å². The van der Waals surface area contributed by atoms with Gasteiger partial charge in [-0.2, -0.15) is 0 Å². The van der Waals surface area contributed by atoms with Gasteiger partial charge in [-0.1, -0.05) is 13.8 Å². The minimum Gasteiger partial charge on any atom is -0.348 e. The van der Waals surface area contributed by atoms with E-state index in [1.165, 1.54) is 0 Å². The lowest BCUT2D eigenvalue weighted by Crippen LogP contribution is -2.51. The number of hydrogen-bond donors (Lipinski definition) is 1. The smallest absolute Gasteiger partial charge is 0.239 e. The van der Waals surface area contributed by atoms with E-state index >= 15 is 0 Å². The first-order valence-corrected chi connectivity index (χ1v) is 7.26. The summed E-state index contributed by atoms with van der Waals surface area (Å²) >= 11 is 0. The molecular weight excluding hydrogens is 244 g/mol. The molecule has 0 aromatic rings. The monoisotopic (exact) mass is 270 g/mol. The molecule has 0 saturated carbocycles. The van der Waals surface area contributed by atoms with Crippen molar-refractivity contribution in [1.29, 1.82) is 0 Å². The lowest BCUT2D eigenvalue weighted by molar-refractivity contribution is -0.191. The van der Waals surface area contributed by atoms with Crippen molar-refractivity contribution in [1.82, 2.24) is 4.90 Å². The van der Waals surface area contributed by atoms with Crippen LogP contribution in [0.4, 0.5) is 0 Å². The predicted octanol–water partition coefficient (Wildman–Crippen LogP) is 0.971. The molecule has 2 aliphatic heterocycles. The third-order valence-corrected chi connectivity index (χ3v) is 4.41. The summed E-state index contributed by atoms with van der Waals surface area (Å²) in [6, 6.07) is -0.383. The van der Waals surface area contributed by atoms with Gasteiger partial charge in [0.2, 0.25) is 5.91 Å². The minimum absolute atomic E-state index is 0.0758. The summed E-state index contributed by atoms with van der Waals surface area (Å²) in [4.78, 5) is 14.1. The van der Waals surface area contributed by atoms with Gasteiger partial charge in [0.15, 0.2) is 5.79 Å². The fourth-order valence-electron chi connectivity index (χ4n) is 2.89. The van der Waals surface area contributed by atoms with Gasteiger partial charge in [0.05, 0.1) is 19.3 Å². The normalized spacial score (nSPS) is 25.8. The standard InChI is InChI=1S/C14H26N2O3/c1-10(2)12(15)13(17)16-6-4-11(5-7-16)14(3)18-8-9-19-14/h10-12H,4-9,15H2,1-3H3/t12-/m0/s1. The first-order chi connectivity index (χ1) is 8.94. The second kappa shape index (κ2) is 5.77. The quantitative estimate of drug-likeness (QED) is 0.830. The highest BCUT2D eigenvalue weighted by atomic mass is 16.7. The zero-order valence-electron chi connectivity index (χ0n) is 12.2. The van der Waals surface area contributed by atoms with Gasteiger partial charge < -0.3 is 20.1 Å². The van der Waals surface area contributed by atoms with Crippen LogP contribution in [0.15, 0.2) is 0 Å². The Labute approximate surface area is 115 Å². The molecule has 5 nitrogen and oxygen atoms in total. The lowest BCUT2D eigenvalue weighted by atomic mass is 9.88. The number of carbonyl (C=O) groups is 1. The zero-order chi connectivity index (χ0) is 14.0. The van der Waals surface area contributed by atoms with Crippen LogP contribution in [0.5, 0.6) is 0 Å². The second-order valence-corrected chi connectivity index (χ2v) is 6.08. The Hall–Kier alpha value is -0.650. The number of nitrogens with two attached hydrogens (primary N) is 1. The average Bonchev–Trinajstić information content (AvgIpc) is 2.85. The summed E-state index contributed by atoms with van der Waals surface area (Å²) in [5, 5.41) is 0. The largest absolute Gasteiger partial charge is 0.348 e. The summed E-state index contributed by atoms with van der Waals surface area (Å²) in [7, 11) is 0. The van der Waals surface area contributed by atoms with Crippen LogP contribution in [0.25, 0.3) is 0 Å². The molecule has 2 saturated heterocycles. The number of carbonyl (C=O) groups excluding carboxylic acids is 1. The summed E-state index contributed by atoms with van der Waals surface area (Å²) in [5.41, 5.74) is 5.93. The first-order valence-electron chi connectivity index (χ1n) is 7.26. The van der Waals surface area contributed by atoms with Crippen LogP contribution in [-0.2, 0) is 14.3 Å². The second-order valence-electron chi connectivity index (χ2n) is 6.08. The van der Waals surface area contributed by atoms with E-state index in [1.54, 1.807) is 0 Å². The molecule has 1 amide bonds. The Morgan fingerprint density at radius 1 is 1.26 bits per heavy atom. The Morgan fingerprint density at radius 3 is 2.26 bits per heavy atom. The Bertz CT molecular complexity index is 319. The van der Waals surface area contributed by atoms with E-state index in [1.807, 2.05) is 25.7 Å². The van der Waals surface area contributed by atoms with Crippen LogP contribution in [0.1, 0.15) is 33.6 Å². The van der Waals surface area contributed by atoms with E-state index in [9.17, 15) is 4.79 Å². The molecule has 0 unspecified atom stereocenters. The van der Waals surface area contributed by atoms with Gasteiger partial charge in [-0.15, -0.1) is 0 Å². The molecule has 1 atom stereocenters. The number of rotatable bonds is 3. The summed E-state index contributed by atoms with van der Waals surface area (Å²) in [6.07, 6.45) is 1.85. The molecule has 19 heavy (non-hydrogen) atoms. The van der Waals surface area contributed by atoms with Gasteiger partial charge in [-0.05, 0) is 25.7 Å². The van der Waals surface area contributed by atoms with Crippen molar-refractivity contribution in [3.63, 3.8) is 0 Å². The maximum Gasteiger partial charge on any atom is 0.239 e. The molecule has 0 aliphatic carbocycles. The maximum atomic E-state index is 12.2. The number of hydrogen-bond acceptors (Lipinski definition) is 4. The fourth-order valence-corrected chi connectivity index (χ4v) is 2.89. The molecular formula is C14H26N2O3. The summed E-state index contributed by atoms with van der Waals surface area (Å²) in [5.74, 6) is 0.181. The summed E-state index contributed by atoms with van der Waals surface area (Å²) in [6.45, 7) is 8.84. The van der Waals surface area contributed by atoms with Crippen molar-refractivity contribution in [2.75, 3.05) is 26.3 Å². The van der Waals surface area contributed by atoms with Crippen LogP contribution in [0.2, 0.25) is 0 Å². The average molecular weight is 270 g/mol. The van der Waals surface area contributed by atoms with E-state index < -0.39 is 5.79 Å². The number of ether oxygens (including phenoxy) is 2. The molecule has 5 heteroatoms. The van der Waals surface area contributed by atoms with Gasteiger partial charge >= 0.3 is 0 Å². The third-order valence-electron chi connectivity index (χ3n) is 4.41. The number of nitrogens with zero attached hydrogens (tertiary/aromatic N) is 1. The van der Waals surface area contributed by atoms with Crippen molar-refractivity contribution in [2.45, 2.75) is 45.4 Å². The Balaban J connectivity index is 1.87. The topological polar surface area (TPSA) is 64.8 Å². The van der Waals surface area contributed by atoms with Gasteiger partial charge in [0.1, 0.15) is 0 Å². The van der Waals surface area contributed by atoms with E-state index in [0.717, 1.165) is 25.9 Å². The molecule has 0 spiro atoms. The number of piperidine rings is 1. The van der Waals surface area contributed by atoms with E-state index in [2.05, 4.69) is 0 Å². The van der Waals surface area contributed by atoms with E-state index in [0.29, 0.717) is 19.1 Å². The van der Waals surface area contributed by atoms with Crippen molar-refractivity contribution < 1.29 is 14.3 Å². The molecule has 2 fully saturated rings. The molecule has 0 aromatic carbocycles. The highest BCUT2D eigenvalue weighted by molar-refractivity contribution is 5.82. The first kappa shape index (κ1) is 14.8. The molecule has 0 radical (unpaired) electrons. The predicted molar refractivity (Wildman–Crippen MR) is 72.4 cm³/mol. The van der Waals surface area contributed by atoms with Crippen LogP contribution in [-0.4, -0.2) is 48.9 Å². The van der Waals surface area contributed by atoms with Crippen LogP contribution in [0, 0.1) is 11.8 Å². The third kappa shape index (κ3) is 3.09. The zero-order valence-corrected chi connectivity index (χ0v) is 12.2. The highest BCUT2D eigenvalue weighted by Crippen LogP contribution is 2.35. The Morgan fingerprint density at radius 2 is 1.79 bits per heavy atom. The number of amides is 1. The summed E-state index contributed by atoms with van der Waals surface area (Å²) < 4.78 is 11.4. The lowest BCUT2D eigenvalue weighted by Gasteiger charge is -2.40. The van der Waals surface area contributed by atoms with Crippen molar-refractivity contribution in [3.8, 4) is 0 Å². The van der Waals surface area contributed by atoms with Crippen LogP contribution < -0.4 is 5.73 Å². The maximum absolute atomic E-state index is 12.2. The highest BCUT2D eigenvalue weighted by Gasteiger charge is 2.42. The van der Waals surface area contributed by atoms with Gasteiger partial charge in [-0.25, -0.2) is 0 Å². The number of likely N-dealkylation sites (tertiary alicyclic amines) is 1. The molecule has 2 N–H and O–H groups in total. The molecule has 0 aromatic heterocycles. The van der Waals surface area contributed by atoms with Crippen LogP contribution in [0.3, 0.4) is 0 Å². The molecule has 110 valence electrons. The minimum atomic E-state index is -0.449. The molecule has 2 aliphatic rings. The van der Waals surface area contributed by atoms with Gasteiger partial charge in [-0.3, -0.25) is 4.79 Å². The van der Waals surface area contributed by atoms with Crippen molar-refractivity contribution in [3.05, 3.63) is 0 Å². The molecule has 2 rings (SSSR count). The molecule has 2 heterocycles. The van der Waals surface area contributed by atoms with Crippen molar-refractivity contribution in [2.24, 2.45) is 17.6 Å².